The molecule has 0 spiro atoms. The van der Waals surface area contributed by atoms with Crippen LogP contribution in [0.4, 0.5) is 9.59 Å². The number of nitrogens with zero attached hydrogens (tertiary/aromatic N) is 2. The van der Waals surface area contributed by atoms with Crippen molar-refractivity contribution in [2.75, 3.05) is 26.7 Å². The van der Waals surface area contributed by atoms with Crippen molar-refractivity contribution < 1.29 is 29.3 Å². The van der Waals surface area contributed by atoms with E-state index in [1.807, 2.05) is 0 Å². The topological polar surface area (TPSA) is 107 Å². The van der Waals surface area contributed by atoms with Gasteiger partial charge in [-0.1, -0.05) is 0 Å². The number of carboxylic acid groups (broad SMARTS) is 2. The van der Waals surface area contributed by atoms with Gasteiger partial charge < -0.3 is 24.7 Å². The average molecular weight is 246 g/mol. The van der Waals surface area contributed by atoms with Gasteiger partial charge in [0.15, 0.2) is 0 Å². The molecule has 1 rings (SSSR count). The van der Waals surface area contributed by atoms with Gasteiger partial charge in [-0.05, 0) is 0 Å². The molecule has 1 fully saturated rings. The van der Waals surface area contributed by atoms with Crippen molar-refractivity contribution in [3.63, 3.8) is 0 Å². The second-order valence-electron chi connectivity index (χ2n) is 3.64. The first-order valence-electron chi connectivity index (χ1n) is 5.00. The van der Waals surface area contributed by atoms with Crippen molar-refractivity contribution in [1.82, 2.24) is 9.80 Å². The molecule has 96 valence electrons. The summed E-state index contributed by atoms with van der Waals surface area (Å²) in [7, 11) is 1.20. The summed E-state index contributed by atoms with van der Waals surface area (Å²) in [6, 6.07) is -0.690. The van der Waals surface area contributed by atoms with Gasteiger partial charge in [0.05, 0.1) is 19.6 Å². The Morgan fingerprint density at radius 3 is 2.35 bits per heavy atom. The number of rotatable bonds is 2. The Morgan fingerprint density at radius 2 is 1.88 bits per heavy atom. The second kappa shape index (κ2) is 5.37. The zero-order valence-electron chi connectivity index (χ0n) is 9.33. The van der Waals surface area contributed by atoms with E-state index in [1.165, 1.54) is 7.11 Å². The summed E-state index contributed by atoms with van der Waals surface area (Å²) in [6.07, 6.45) is -2.43. The average Bonchev–Trinajstić information content (AvgIpc) is 2.28. The molecule has 1 aliphatic heterocycles. The molecule has 0 aromatic rings. The molecule has 0 saturated carbocycles. The van der Waals surface area contributed by atoms with Gasteiger partial charge in [-0.15, -0.1) is 0 Å². The summed E-state index contributed by atoms with van der Waals surface area (Å²) in [6.45, 7) is 0.152. The lowest BCUT2D eigenvalue weighted by atomic mass is 10.1. The van der Waals surface area contributed by atoms with Crippen LogP contribution in [0, 0.1) is 0 Å². The van der Waals surface area contributed by atoms with Gasteiger partial charge in [0.2, 0.25) is 0 Å². The van der Waals surface area contributed by atoms with Crippen LogP contribution in [-0.2, 0) is 9.53 Å². The Bertz CT molecular complexity index is 331. The zero-order valence-corrected chi connectivity index (χ0v) is 9.33. The minimum Gasteiger partial charge on any atom is -0.469 e. The van der Waals surface area contributed by atoms with Gasteiger partial charge in [-0.2, -0.15) is 0 Å². The van der Waals surface area contributed by atoms with E-state index in [4.69, 9.17) is 10.2 Å². The van der Waals surface area contributed by atoms with E-state index in [9.17, 15) is 14.4 Å². The van der Waals surface area contributed by atoms with Gasteiger partial charge in [0, 0.05) is 19.6 Å². The Balaban J connectivity index is 2.72. The molecule has 2 amide bonds. The molecule has 0 bridgehead atoms. The number of carbonyl (C=O) groups is 3. The predicted octanol–water partition coefficient (Wildman–Crippen LogP) is -0.108. The maximum absolute atomic E-state index is 11.1. The summed E-state index contributed by atoms with van der Waals surface area (Å²) in [5.41, 5.74) is 0. The number of esters is 1. The molecule has 1 aliphatic rings. The lowest BCUT2D eigenvalue weighted by Crippen LogP contribution is -2.56. The van der Waals surface area contributed by atoms with E-state index in [1.54, 1.807) is 0 Å². The number of hydrogen-bond donors (Lipinski definition) is 2. The van der Waals surface area contributed by atoms with Gasteiger partial charge in [-0.3, -0.25) is 4.79 Å². The second-order valence-corrected chi connectivity index (χ2v) is 3.64. The number of amides is 2. The van der Waals surface area contributed by atoms with Gasteiger partial charge in [0.1, 0.15) is 0 Å². The molecule has 1 atom stereocenters. The number of piperazine rings is 1. The molecular formula is C9H14N2O6. The number of carbonyl (C=O) groups excluding carboxylic acids is 1. The Kier molecular flexibility index (Phi) is 4.13. The molecule has 0 aromatic heterocycles. The maximum Gasteiger partial charge on any atom is 0.407 e. The van der Waals surface area contributed by atoms with Crippen LogP contribution in [0.1, 0.15) is 6.42 Å². The molecule has 1 heterocycles. The highest BCUT2D eigenvalue weighted by Gasteiger charge is 2.33. The lowest BCUT2D eigenvalue weighted by Gasteiger charge is -2.38. The summed E-state index contributed by atoms with van der Waals surface area (Å²) in [5.74, 6) is -0.562. The number of ether oxygens (including phenoxy) is 1. The van der Waals surface area contributed by atoms with Crippen LogP contribution in [-0.4, -0.2) is 71.0 Å². The van der Waals surface area contributed by atoms with Crippen LogP contribution in [0.5, 0.6) is 0 Å². The third-order valence-corrected chi connectivity index (χ3v) is 2.63. The third kappa shape index (κ3) is 3.23. The first kappa shape index (κ1) is 13.1. The Morgan fingerprint density at radius 1 is 1.24 bits per heavy atom. The minimum atomic E-state index is -1.16. The fourth-order valence-corrected chi connectivity index (χ4v) is 1.73. The summed E-state index contributed by atoms with van der Waals surface area (Å²) in [5, 5.41) is 17.7. The summed E-state index contributed by atoms with van der Waals surface area (Å²) in [4.78, 5) is 35.0. The molecule has 2 N–H and O–H groups in total. The van der Waals surface area contributed by atoms with Gasteiger partial charge in [-0.25, -0.2) is 9.59 Å². The normalized spacial score (nSPS) is 19.9. The highest BCUT2D eigenvalue weighted by molar-refractivity contribution is 5.73. The quantitative estimate of drug-likeness (QED) is 0.658. The molecule has 17 heavy (non-hydrogen) atoms. The van der Waals surface area contributed by atoms with Crippen LogP contribution >= 0.6 is 0 Å². The highest BCUT2D eigenvalue weighted by Crippen LogP contribution is 2.14. The van der Waals surface area contributed by atoms with Crippen LogP contribution in [0.2, 0.25) is 0 Å². The van der Waals surface area contributed by atoms with E-state index in [0.717, 1.165) is 9.80 Å². The van der Waals surface area contributed by atoms with Crippen LogP contribution < -0.4 is 0 Å². The highest BCUT2D eigenvalue weighted by atomic mass is 16.5. The molecular weight excluding hydrogens is 232 g/mol. The van der Waals surface area contributed by atoms with Gasteiger partial charge in [0.25, 0.3) is 0 Å². The monoisotopic (exact) mass is 246 g/mol. The van der Waals surface area contributed by atoms with E-state index < -0.39 is 24.2 Å². The lowest BCUT2D eigenvalue weighted by molar-refractivity contribution is -0.142. The van der Waals surface area contributed by atoms with Gasteiger partial charge >= 0.3 is 18.2 Å². The molecule has 0 aliphatic carbocycles. The molecule has 0 unspecified atom stereocenters. The minimum absolute atomic E-state index is 0.0171. The first-order chi connectivity index (χ1) is 7.95. The smallest absolute Gasteiger partial charge is 0.407 e. The Labute approximate surface area is 97.4 Å². The molecule has 8 heteroatoms. The molecule has 1 saturated heterocycles. The van der Waals surface area contributed by atoms with E-state index in [-0.39, 0.29) is 26.1 Å². The SMILES string of the molecule is COC(=O)C[C@H]1CN(C(=O)O)CCN1C(=O)O. The molecule has 8 nitrogen and oxygen atoms in total. The van der Waals surface area contributed by atoms with Crippen LogP contribution in [0.3, 0.4) is 0 Å². The van der Waals surface area contributed by atoms with Crippen LogP contribution in [0.15, 0.2) is 0 Å². The molecule has 0 aromatic carbocycles. The van der Waals surface area contributed by atoms with E-state index in [0.29, 0.717) is 0 Å². The van der Waals surface area contributed by atoms with Crippen molar-refractivity contribution in [2.45, 2.75) is 12.5 Å². The van der Waals surface area contributed by atoms with E-state index in [2.05, 4.69) is 4.74 Å². The third-order valence-electron chi connectivity index (χ3n) is 2.63. The predicted molar refractivity (Wildman–Crippen MR) is 54.7 cm³/mol. The largest absolute Gasteiger partial charge is 0.469 e. The molecule has 0 radical (unpaired) electrons. The fourth-order valence-electron chi connectivity index (χ4n) is 1.73. The van der Waals surface area contributed by atoms with E-state index >= 15 is 0 Å². The first-order valence-corrected chi connectivity index (χ1v) is 5.00. The number of hydrogen-bond acceptors (Lipinski definition) is 4. The zero-order chi connectivity index (χ0) is 13.0. The van der Waals surface area contributed by atoms with Crippen LogP contribution in [0.25, 0.3) is 0 Å². The van der Waals surface area contributed by atoms with Crippen molar-refractivity contribution in [3.05, 3.63) is 0 Å². The van der Waals surface area contributed by atoms with Crippen molar-refractivity contribution in [1.29, 1.82) is 0 Å². The number of methoxy groups -OCH3 is 1. The van der Waals surface area contributed by atoms with Crippen molar-refractivity contribution >= 4 is 18.2 Å². The Hall–Kier alpha value is -1.99. The van der Waals surface area contributed by atoms with Crippen molar-refractivity contribution in [3.8, 4) is 0 Å². The van der Waals surface area contributed by atoms with Crippen molar-refractivity contribution in [2.24, 2.45) is 0 Å². The standard InChI is InChI=1S/C9H14N2O6/c1-17-7(12)4-6-5-10(8(13)14)2-3-11(6)9(15)16/h6H,2-5H2,1H3,(H,13,14)(H,15,16)/t6-/m0/s1. The fraction of sp³-hybridized carbons (Fsp3) is 0.667. The maximum atomic E-state index is 11.1. The summed E-state index contributed by atoms with van der Waals surface area (Å²) < 4.78 is 4.45. The summed E-state index contributed by atoms with van der Waals surface area (Å²) >= 11 is 0.